The fourth-order valence-corrected chi connectivity index (χ4v) is 4.91. The first-order valence-corrected chi connectivity index (χ1v) is 10.9. The Morgan fingerprint density at radius 2 is 2.06 bits per heavy atom. The molecule has 1 aromatic heterocycles. The molecule has 1 heterocycles. The molecule has 0 bridgehead atoms. The maximum Gasteiger partial charge on any atom is 0.306 e. The highest BCUT2D eigenvalue weighted by molar-refractivity contribution is 6.37. The van der Waals surface area contributed by atoms with Crippen molar-refractivity contribution in [3.05, 3.63) is 62.8 Å². The Morgan fingerprint density at radius 1 is 1.29 bits per heavy atom. The van der Waals surface area contributed by atoms with Crippen molar-refractivity contribution >= 4 is 40.1 Å². The maximum absolute atomic E-state index is 11.2. The van der Waals surface area contributed by atoms with E-state index in [2.05, 4.69) is 16.7 Å². The number of aromatic nitrogens is 1. The quantitative estimate of drug-likeness (QED) is 0.519. The van der Waals surface area contributed by atoms with E-state index in [1.165, 1.54) is 0 Å². The number of hydrogen-bond donors (Lipinski definition) is 1. The number of carbonyl (C=O) groups is 1. The van der Waals surface area contributed by atoms with Crippen molar-refractivity contribution < 1.29 is 14.6 Å². The number of benzene rings is 2. The molecule has 4 rings (SSSR count). The van der Waals surface area contributed by atoms with Crippen molar-refractivity contribution in [3.8, 4) is 11.8 Å². The van der Waals surface area contributed by atoms with Crippen molar-refractivity contribution in [1.82, 2.24) is 4.57 Å². The molecule has 5 nitrogen and oxygen atoms in total. The Hall–Kier alpha value is -2.68. The van der Waals surface area contributed by atoms with Gasteiger partial charge in [-0.05, 0) is 67.6 Å². The second kappa shape index (κ2) is 8.45. The van der Waals surface area contributed by atoms with Gasteiger partial charge in [0.2, 0.25) is 0 Å². The van der Waals surface area contributed by atoms with Gasteiger partial charge in [0, 0.05) is 35.1 Å². The van der Waals surface area contributed by atoms with Gasteiger partial charge in [0.1, 0.15) is 5.75 Å². The Balaban J connectivity index is 1.64. The third-order valence-electron chi connectivity index (χ3n) is 6.13. The molecule has 2 atom stereocenters. The summed E-state index contributed by atoms with van der Waals surface area (Å²) in [6.07, 6.45) is 2.11. The van der Waals surface area contributed by atoms with Crippen molar-refractivity contribution in [2.45, 2.75) is 38.7 Å². The molecule has 0 radical (unpaired) electrons. The van der Waals surface area contributed by atoms with Crippen LogP contribution in [-0.4, -0.2) is 21.7 Å². The lowest BCUT2D eigenvalue weighted by atomic mass is 10.1. The molecular weight excluding hydrogens is 435 g/mol. The van der Waals surface area contributed by atoms with Crippen LogP contribution in [0.4, 0.5) is 0 Å². The number of carboxylic acid groups (broad SMARTS) is 1. The van der Waals surface area contributed by atoms with Gasteiger partial charge < -0.3 is 14.4 Å². The van der Waals surface area contributed by atoms with Crippen LogP contribution in [0.25, 0.3) is 10.9 Å². The van der Waals surface area contributed by atoms with Gasteiger partial charge in [-0.15, -0.1) is 0 Å². The van der Waals surface area contributed by atoms with E-state index < -0.39 is 5.97 Å². The second-order valence-corrected chi connectivity index (χ2v) is 8.92. The van der Waals surface area contributed by atoms with Crippen LogP contribution in [0.1, 0.15) is 41.6 Å². The highest BCUT2D eigenvalue weighted by Gasteiger charge is 2.31. The summed E-state index contributed by atoms with van der Waals surface area (Å²) in [4.78, 5) is 11.2. The molecule has 1 aliphatic carbocycles. The monoisotopic (exact) mass is 456 g/mol. The minimum atomic E-state index is -0.778. The Morgan fingerprint density at radius 3 is 2.74 bits per heavy atom. The normalized spacial score (nSPS) is 18.3. The number of aryl methyl sites for hydroxylation is 2. The maximum atomic E-state index is 11.2. The van der Waals surface area contributed by atoms with E-state index in [0.29, 0.717) is 47.0 Å². The van der Waals surface area contributed by atoms with Crippen molar-refractivity contribution in [2.75, 3.05) is 0 Å². The van der Waals surface area contributed by atoms with Crippen LogP contribution in [0, 0.1) is 24.2 Å². The van der Waals surface area contributed by atoms with Crippen LogP contribution in [0.3, 0.4) is 0 Å². The number of nitriles is 1. The van der Waals surface area contributed by atoms with Crippen LogP contribution in [0.5, 0.6) is 5.75 Å². The van der Waals surface area contributed by atoms with E-state index in [4.69, 9.17) is 27.9 Å². The van der Waals surface area contributed by atoms with E-state index >= 15 is 0 Å². The molecule has 0 amide bonds. The summed E-state index contributed by atoms with van der Waals surface area (Å²) in [5.74, 6) is -0.619. The summed E-state index contributed by atoms with van der Waals surface area (Å²) >= 11 is 13.2. The van der Waals surface area contributed by atoms with E-state index in [-0.39, 0.29) is 12.0 Å². The van der Waals surface area contributed by atoms with Crippen molar-refractivity contribution in [2.24, 2.45) is 13.0 Å². The topological polar surface area (TPSA) is 75.2 Å². The van der Waals surface area contributed by atoms with Gasteiger partial charge >= 0.3 is 5.97 Å². The number of carboxylic acids is 1. The summed E-state index contributed by atoms with van der Waals surface area (Å²) in [6, 6.07) is 11.6. The largest absolute Gasteiger partial charge is 0.489 e. The number of rotatable bonds is 5. The van der Waals surface area contributed by atoms with Crippen LogP contribution < -0.4 is 4.74 Å². The first-order valence-electron chi connectivity index (χ1n) is 10.1. The molecule has 1 aliphatic rings. The zero-order valence-electron chi connectivity index (χ0n) is 17.3. The van der Waals surface area contributed by atoms with Gasteiger partial charge in [0.15, 0.2) is 0 Å². The van der Waals surface area contributed by atoms with Gasteiger partial charge in [-0.25, -0.2) is 0 Å². The number of ether oxygens (including phenoxy) is 1. The highest BCUT2D eigenvalue weighted by Crippen LogP contribution is 2.38. The van der Waals surface area contributed by atoms with Gasteiger partial charge in [-0.3, -0.25) is 4.79 Å². The number of hydrogen-bond acceptors (Lipinski definition) is 3. The smallest absolute Gasteiger partial charge is 0.306 e. The molecular formula is C24H22Cl2N2O3. The minimum Gasteiger partial charge on any atom is -0.489 e. The highest BCUT2D eigenvalue weighted by atomic mass is 35.5. The molecule has 1 N–H and O–H groups in total. The number of aliphatic carboxylic acids is 1. The van der Waals surface area contributed by atoms with Gasteiger partial charge in [0.05, 0.1) is 28.7 Å². The zero-order chi connectivity index (χ0) is 22.3. The molecule has 2 unspecified atom stereocenters. The number of fused-ring (bicyclic) bond motifs is 1. The third kappa shape index (κ3) is 4.11. The summed E-state index contributed by atoms with van der Waals surface area (Å²) < 4.78 is 8.12. The molecule has 31 heavy (non-hydrogen) atoms. The Bertz CT molecular complexity index is 1230. The molecule has 3 aromatic rings. The lowest BCUT2D eigenvalue weighted by molar-refractivity contribution is -0.141. The Kier molecular flexibility index (Phi) is 5.88. The van der Waals surface area contributed by atoms with Crippen LogP contribution in [0.2, 0.25) is 10.0 Å². The molecule has 1 fully saturated rings. The number of halogens is 2. The van der Waals surface area contributed by atoms with E-state index in [9.17, 15) is 15.2 Å². The molecule has 160 valence electrons. The molecule has 0 saturated heterocycles. The summed E-state index contributed by atoms with van der Waals surface area (Å²) in [7, 11) is 1.96. The summed E-state index contributed by atoms with van der Waals surface area (Å²) in [5, 5.41) is 20.6. The first-order chi connectivity index (χ1) is 14.8. The number of nitrogens with zero attached hydrogens (tertiary/aromatic N) is 2. The molecule has 7 heteroatoms. The molecule has 0 aliphatic heterocycles. The fourth-order valence-electron chi connectivity index (χ4n) is 4.36. The summed E-state index contributed by atoms with van der Waals surface area (Å²) in [6.45, 7) is 1.99. The first kappa shape index (κ1) is 21.5. The van der Waals surface area contributed by atoms with Gasteiger partial charge in [0.25, 0.3) is 0 Å². The van der Waals surface area contributed by atoms with Crippen LogP contribution >= 0.6 is 23.2 Å². The average molecular weight is 457 g/mol. The van der Waals surface area contributed by atoms with Crippen LogP contribution in [-0.2, 0) is 18.3 Å². The van der Waals surface area contributed by atoms with E-state index in [0.717, 1.165) is 27.7 Å². The van der Waals surface area contributed by atoms with Crippen molar-refractivity contribution in [1.29, 1.82) is 5.26 Å². The molecule has 0 spiro atoms. The predicted molar refractivity (Wildman–Crippen MR) is 121 cm³/mol. The standard InChI is InChI=1S/C24H22Cl2N2O3/c1-13-7-14(12-27)8-21-18(13)10-16(28(21)2)11-19-20(25)5-6-22(23(19)26)31-17-4-3-15(9-17)24(29)30/h5-8,10,15,17H,3-4,9,11H2,1-2H3,(H,29,30). The summed E-state index contributed by atoms with van der Waals surface area (Å²) in [5.41, 5.74) is 4.43. The average Bonchev–Trinajstić information content (AvgIpc) is 3.33. The SMILES string of the molecule is Cc1cc(C#N)cc2c1cc(Cc1c(Cl)ccc(OC3CCC(C(=O)O)C3)c1Cl)n2C. The van der Waals surface area contributed by atoms with Crippen LogP contribution in [0.15, 0.2) is 30.3 Å². The lowest BCUT2D eigenvalue weighted by Crippen LogP contribution is -2.16. The second-order valence-electron chi connectivity index (χ2n) is 8.14. The predicted octanol–water partition coefficient (Wildman–Crippen LogP) is 5.89. The lowest BCUT2D eigenvalue weighted by Gasteiger charge is -2.17. The minimum absolute atomic E-state index is 0.169. The van der Waals surface area contributed by atoms with Gasteiger partial charge in [-0.1, -0.05) is 23.2 Å². The van der Waals surface area contributed by atoms with E-state index in [1.807, 2.05) is 26.1 Å². The fraction of sp³-hybridized carbons (Fsp3) is 0.333. The van der Waals surface area contributed by atoms with Gasteiger partial charge in [-0.2, -0.15) is 5.26 Å². The Labute approximate surface area is 190 Å². The third-order valence-corrected chi connectivity index (χ3v) is 6.90. The molecule has 2 aromatic carbocycles. The van der Waals surface area contributed by atoms with Crippen molar-refractivity contribution in [3.63, 3.8) is 0 Å². The molecule has 1 saturated carbocycles. The van der Waals surface area contributed by atoms with E-state index in [1.54, 1.807) is 12.1 Å². The zero-order valence-corrected chi connectivity index (χ0v) is 18.8.